The van der Waals surface area contributed by atoms with Crippen molar-refractivity contribution in [2.75, 3.05) is 18.5 Å². The van der Waals surface area contributed by atoms with E-state index in [1.54, 1.807) is 13.0 Å². The summed E-state index contributed by atoms with van der Waals surface area (Å²) >= 11 is 0. The third kappa shape index (κ3) is 2.80. The molecule has 3 aromatic rings. The zero-order valence-corrected chi connectivity index (χ0v) is 15.6. The van der Waals surface area contributed by atoms with Crippen molar-refractivity contribution in [1.29, 1.82) is 0 Å². The maximum Gasteiger partial charge on any atom is 0.272 e. The smallest absolute Gasteiger partial charge is 0.272 e. The van der Waals surface area contributed by atoms with E-state index in [0.29, 0.717) is 47.3 Å². The van der Waals surface area contributed by atoms with Crippen LogP contribution in [0.5, 0.6) is 11.5 Å². The number of nitro groups is 1. The van der Waals surface area contributed by atoms with Gasteiger partial charge in [0.15, 0.2) is 23.6 Å². The van der Waals surface area contributed by atoms with Gasteiger partial charge in [-0.25, -0.2) is 9.98 Å². The Labute approximate surface area is 165 Å². The number of hydrogen-bond acceptors (Lipinski definition) is 8. The van der Waals surface area contributed by atoms with E-state index in [0.717, 1.165) is 11.9 Å². The van der Waals surface area contributed by atoms with Crippen LogP contribution in [0.25, 0.3) is 11.0 Å². The van der Waals surface area contributed by atoms with Crippen molar-refractivity contribution >= 4 is 28.6 Å². The number of nitrogens with one attached hydrogen (secondary N) is 1. The number of anilines is 1. The zero-order valence-electron chi connectivity index (χ0n) is 15.6. The molecule has 0 spiro atoms. The van der Waals surface area contributed by atoms with Gasteiger partial charge in [0.05, 0.1) is 29.2 Å². The SMILES string of the molecule is Cc1ccc([C@@H]2N=C(N)Nc3nc4cc5c(cc4n32)OCCCO5)cc1[N+](=O)[O-]. The van der Waals surface area contributed by atoms with Crippen LogP contribution in [0, 0.1) is 17.0 Å². The van der Waals surface area contributed by atoms with Crippen molar-refractivity contribution in [3.63, 3.8) is 0 Å². The van der Waals surface area contributed by atoms with Gasteiger partial charge in [0.25, 0.3) is 5.69 Å². The maximum atomic E-state index is 11.4. The first-order valence-corrected chi connectivity index (χ1v) is 9.18. The molecule has 2 aliphatic heterocycles. The van der Waals surface area contributed by atoms with Crippen LogP contribution in [0.15, 0.2) is 35.3 Å². The number of guanidine groups is 1. The van der Waals surface area contributed by atoms with Crippen LogP contribution < -0.4 is 20.5 Å². The summed E-state index contributed by atoms with van der Waals surface area (Å²) in [4.78, 5) is 20.1. The Morgan fingerprint density at radius 1 is 1.24 bits per heavy atom. The molecule has 2 aromatic carbocycles. The van der Waals surface area contributed by atoms with E-state index in [4.69, 9.17) is 15.2 Å². The third-order valence-electron chi connectivity index (χ3n) is 5.03. The quantitative estimate of drug-likeness (QED) is 0.505. The number of nitrogens with two attached hydrogens (primary N) is 1. The van der Waals surface area contributed by atoms with Gasteiger partial charge in [-0.05, 0) is 6.92 Å². The summed E-state index contributed by atoms with van der Waals surface area (Å²) in [5.74, 6) is 1.96. The first-order valence-electron chi connectivity index (χ1n) is 9.18. The zero-order chi connectivity index (χ0) is 20.1. The lowest BCUT2D eigenvalue weighted by Crippen LogP contribution is -2.31. The van der Waals surface area contributed by atoms with Crippen LogP contribution in [0.4, 0.5) is 11.6 Å². The molecule has 0 radical (unpaired) electrons. The molecule has 0 unspecified atom stereocenters. The summed E-state index contributed by atoms with van der Waals surface area (Å²) in [6.45, 7) is 2.85. The van der Waals surface area contributed by atoms with Gasteiger partial charge in [0.1, 0.15) is 0 Å². The highest BCUT2D eigenvalue weighted by atomic mass is 16.6. The van der Waals surface area contributed by atoms with Crippen molar-refractivity contribution in [3.05, 3.63) is 51.6 Å². The van der Waals surface area contributed by atoms with Crippen molar-refractivity contribution < 1.29 is 14.4 Å². The molecule has 0 saturated carbocycles. The Bertz CT molecular complexity index is 1190. The van der Waals surface area contributed by atoms with Gasteiger partial charge in [-0.1, -0.05) is 12.1 Å². The average molecular weight is 394 g/mol. The van der Waals surface area contributed by atoms with E-state index in [9.17, 15) is 10.1 Å². The van der Waals surface area contributed by atoms with Crippen LogP contribution >= 0.6 is 0 Å². The molecule has 0 aliphatic carbocycles. The highest BCUT2D eigenvalue weighted by molar-refractivity contribution is 5.95. The van der Waals surface area contributed by atoms with Gasteiger partial charge < -0.3 is 15.2 Å². The number of hydrogen-bond donors (Lipinski definition) is 2. The van der Waals surface area contributed by atoms with Crippen molar-refractivity contribution in [2.45, 2.75) is 19.5 Å². The molecule has 29 heavy (non-hydrogen) atoms. The van der Waals surface area contributed by atoms with Crippen LogP contribution in [0.2, 0.25) is 0 Å². The summed E-state index contributed by atoms with van der Waals surface area (Å²) in [7, 11) is 0. The van der Waals surface area contributed by atoms with Crippen LogP contribution in [-0.4, -0.2) is 33.6 Å². The lowest BCUT2D eigenvalue weighted by Gasteiger charge is -2.24. The highest BCUT2D eigenvalue weighted by Gasteiger charge is 2.28. The molecule has 3 N–H and O–H groups in total. The van der Waals surface area contributed by atoms with Crippen molar-refractivity contribution in [1.82, 2.24) is 9.55 Å². The molecule has 10 nitrogen and oxygen atoms in total. The molecule has 3 heterocycles. The number of nitro benzene ring substituents is 1. The molecule has 148 valence electrons. The third-order valence-corrected chi connectivity index (χ3v) is 5.03. The average Bonchev–Trinajstić information content (AvgIpc) is 2.87. The van der Waals surface area contributed by atoms with Crippen LogP contribution in [0.1, 0.15) is 23.7 Å². The lowest BCUT2D eigenvalue weighted by molar-refractivity contribution is -0.385. The van der Waals surface area contributed by atoms with Gasteiger partial charge in [-0.3, -0.25) is 20.0 Å². The minimum absolute atomic E-state index is 0.0337. The minimum atomic E-state index is -0.597. The molecule has 0 bridgehead atoms. The second-order valence-electron chi connectivity index (χ2n) is 6.96. The highest BCUT2D eigenvalue weighted by Crippen LogP contribution is 2.39. The van der Waals surface area contributed by atoms with E-state index >= 15 is 0 Å². The fraction of sp³-hybridized carbons (Fsp3) is 0.263. The first kappa shape index (κ1) is 17.3. The molecule has 1 atom stereocenters. The van der Waals surface area contributed by atoms with Crippen LogP contribution in [0.3, 0.4) is 0 Å². The Morgan fingerprint density at radius 2 is 2.00 bits per heavy atom. The Balaban J connectivity index is 1.70. The Morgan fingerprint density at radius 3 is 2.76 bits per heavy atom. The predicted molar refractivity (Wildman–Crippen MR) is 107 cm³/mol. The fourth-order valence-corrected chi connectivity index (χ4v) is 3.63. The van der Waals surface area contributed by atoms with E-state index in [1.807, 2.05) is 22.8 Å². The number of aryl methyl sites for hydroxylation is 1. The van der Waals surface area contributed by atoms with Gasteiger partial charge in [-0.2, -0.15) is 0 Å². The van der Waals surface area contributed by atoms with E-state index in [-0.39, 0.29) is 11.6 Å². The molecular weight excluding hydrogens is 376 g/mol. The minimum Gasteiger partial charge on any atom is -0.489 e. The molecule has 1 aromatic heterocycles. The van der Waals surface area contributed by atoms with Gasteiger partial charge >= 0.3 is 0 Å². The molecule has 0 saturated heterocycles. The number of rotatable bonds is 2. The molecule has 2 aliphatic rings. The standard InChI is InChI=1S/C19H18N6O4/c1-10-3-4-11(7-13(10)25(26)27)17-22-18(20)23-19-21-12-8-15-16(9-14(12)24(17)19)29-6-2-5-28-15/h3-4,7-9,17H,2,5-6H2,1H3,(H3,20,21,22,23)/t17-/m1/s1. The predicted octanol–water partition coefficient (Wildman–Crippen LogP) is 2.70. The number of fused-ring (bicyclic) bond motifs is 4. The largest absolute Gasteiger partial charge is 0.489 e. The first-order chi connectivity index (χ1) is 14.0. The Kier molecular flexibility index (Phi) is 3.79. The molecule has 10 heteroatoms. The summed E-state index contributed by atoms with van der Waals surface area (Å²) in [5, 5.41) is 14.4. The lowest BCUT2D eigenvalue weighted by atomic mass is 10.1. The number of nitrogens with zero attached hydrogens (tertiary/aromatic N) is 4. The summed E-state index contributed by atoms with van der Waals surface area (Å²) in [5.41, 5.74) is 8.68. The number of aliphatic imine (C=N–C) groups is 1. The number of benzene rings is 2. The van der Waals surface area contributed by atoms with Gasteiger partial charge in [0.2, 0.25) is 5.95 Å². The molecule has 0 fully saturated rings. The Hall–Kier alpha value is -3.82. The van der Waals surface area contributed by atoms with Gasteiger partial charge in [0, 0.05) is 35.7 Å². The number of aromatic nitrogens is 2. The number of ether oxygens (including phenoxy) is 2. The molecular formula is C19H18N6O4. The number of imidazole rings is 1. The maximum absolute atomic E-state index is 11.4. The van der Waals surface area contributed by atoms with Gasteiger partial charge in [-0.15, -0.1) is 0 Å². The monoisotopic (exact) mass is 394 g/mol. The topological polar surface area (TPSA) is 130 Å². The van der Waals surface area contributed by atoms with E-state index in [1.165, 1.54) is 6.07 Å². The molecule has 5 rings (SSSR count). The molecule has 0 amide bonds. The fourth-order valence-electron chi connectivity index (χ4n) is 3.63. The second-order valence-corrected chi connectivity index (χ2v) is 6.96. The van der Waals surface area contributed by atoms with Crippen LogP contribution in [-0.2, 0) is 0 Å². The summed E-state index contributed by atoms with van der Waals surface area (Å²) in [6.07, 6.45) is 0.204. The summed E-state index contributed by atoms with van der Waals surface area (Å²) < 4.78 is 13.4. The van der Waals surface area contributed by atoms with Crippen molar-refractivity contribution in [3.8, 4) is 11.5 Å². The van der Waals surface area contributed by atoms with Crippen molar-refractivity contribution in [2.24, 2.45) is 10.7 Å². The van der Waals surface area contributed by atoms with E-state index in [2.05, 4.69) is 15.3 Å². The normalized spacial score (nSPS) is 17.8. The summed E-state index contributed by atoms with van der Waals surface area (Å²) in [6, 6.07) is 8.74. The second kappa shape index (κ2) is 6.36. The van der Waals surface area contributed by atoms with E-state index < -0.39 is 11.1 Å².